The number of anilines is 1. The summed E-state index contributed by atoms with van der Waals surface area (Å²) in [6.45, 7) is 3.21. The van der Waals surface area contributed by atoms with Crippen molar-refractivity contribution in [3.05, 3.63) is 76.8 Å². The van der Waals surface area contributed by atoms with E-state index in [0.29, 0.717) is 28.2 Å². The van der Waals surface area contributed by atoms with E-state index in [4.69, 9.17) is 4.74 Å². The van der Waals surface area contributed by atoms with Gasteiger partial charge in [0.2, 0.25) is 10.0 Å². The molecular weight excluding hydrogens is 438 g/mol. The fourth-order valence-corrected chi connectivity index (χ4v) is 4.03. The summed E-state index contributed by atoms with van der Waals surface area (Å²) in [4.78, 5) is 0. The summed E-state index contributed by atoms with van der Waals surface area (Å²) in [5.74, 6) is -1.47. The highest BCUT2D eigenvalue weighted by atomic mass is 32.2. The van der Waals surface area contributed by atoms with Crippen molar-refractivity contribution in [1.29, 1.82) is 0 Å². The van der Waals surface area contributed by atoms with E-state index in [1.165, 1.54) is 25.1 Å². The lowest BCUT2D eigenvalue weighted by molar-refractivity contribution is -0.620. The van der Waals surface area contributed by atoms with Gasteiger partial charge in [0.1, 0.15) is 11.6 Å². The molecule has 0 aliphatic heterocycles. The van der Waals surface area contributed by atoms with E-state index in [1.54, 1.807) is 25.1 Å². The lowest BCUT2D eigenvalue weighted by Crippen LogP contribution is -2.34. The average Bonchev–Trinajstić information content (AvgIpc) is 3.58. The number of aromatic nitrogens is 1. The zero-order valence-corrected chi connectivity index (χ0v) is 18.4. The van der Waals surface area contributed by atoms with Crippen LogP contribution in [0.3, 0.4) is 0 Å². The van der Waals surface area contributed by atoms with Gasteiger partial charge in [-0.3, -0.25) is 4.72 Å². The quantitative estimate of drug-likeness (QED) is 0.397. The van der Waals surface area contributed by atoms with Gasteiger partial charge in [-0.2, -0.15) is 4.73 Å². The molecule has 0 amide bonds. The minimum absolute atomic E-state index is 0.103. The van der Waals surface area contributed by atoms with Gasteiger partial charge in [-0.05, 0) is 55.7 Å². The van der Waals surface area contributed by atoms with Gasteiger partial charge in [0.05, 0.1) is 5.75 Å². The number of benzene rings is 2. The molecule has 1 aliphatic rings. The Morgan fingerprint density at radius 2 is 1.81 bits per heavy atom. The number of hydrogen-bond acceptors (Lipinski definition) is 4. The first kappa shape index (κ1) is 22.0. The molecule has 0 saturated heterocycles. The molecule has 0 bridgehead atoms. The van der Waals surface area contributed by atoms with Crippen LogP contribution in [0.1, 0.15) is 37.1 Å². The molecule has 1 aromatic heterocycles. The Morgan fingerprint density at radius 3 is 2.47 bits per heavy atom. The Morgan fingerprint density at radius 1 is 1.09 bits per heavy atom. The van der Waals surface area contributed by atoms with E-state index in [1.807, 2.05) is 0 Å². The summed E-state index contributed by atoms with van der Waals surface area (Å²) in [5.41, 5.74) is 2.50. The molecule has 0 radical (unpaired) electrons. The molecule has 1 aliphatic carbocycles. The number of sulfonamides is 1. The number of rotatable bonds is 7. The highest BCUT2D eigenvalue weighted by Crippen LogP contribution is 2.42. The van der Waals surface area contributed by atoms with Crippen LogP contribution in [-0.2, 0) is 10.0 Å². The lowest BCUT2D eigenvalue weighted by Gasteiger charge is -2.16. The van der Waals surface area contributed by atoms with Crippen molar-refractivity contribution >= 4 is 15.7 Å². The molecule has 6 nitrogen and oxygen atoms in total. The lowest BCUT2D eigenvalue weighted by atomic mass is 10.0. The standard InChI is InChI=1S/C23H22F2N2O4S/c1-3-32(29,30)26-18-7-9-22(31-23-8-6-17(24)12-20(23)25)19(13-18)16-10-14(2)27(28)21(11-16)15-4-5-15/h6-13,15,26H,3-5H2,1-2H3. The molecule has 0 unspecified atom stereocenters. The minimum atomic E-state index is -3.53. The van der Waals surface area contributed by atoms with Gasteiger partial charge in [0, 0.05) is 42.3 Å². The third-order valence-corrected chi connectivity index (χ3v) is 6.58. The first-order valence-corrected chi connectivity index (χ1v) is 11.8. The third-order valence-electron chi connectivity index (χ3n) is 5.28. The first-order chi connectivity index (χ1) is 15.2. The van der Waals surface area contributed by atoms with Crippen LogP contribution < -0.4 is 14.2 Å². The van der Waals surface area contributed by atoms with Crippen LogP contribution >= 0.6 is 0 Å². The summed E-state index contributed by atoms with van der Waals surface area (Å²) in [6, 6.07) is 11.0. The van der Waals surface area contributed by atoms with E-state index in [2.05, 4.69) is 4.72 Å². The highest BCUT2D eigenvalue weighted by molar-refractivity contribution is 7.92. The van der Waals surface area contributed by atoms with E-state index in [9.17, 15) is 22.4 Å². The van der Waals surface area contributed by atoms with Crippen molar-refractivity contribution in [2.45, 2.75) is 32.6 Å². The molecule has 4 rings (SSSR count). The number of halogens is 2. The summed E-state index contributed by atoms with van der Waals surface area (Å²) in [6.07, 6.45) is 1.84. The second-order valence-electron chi connectivity index (χ2n) is 7.77. The molecule has 1 heterocycles. The summed E-state index contributed by atoms with van der Waals surface area (Å²) in [5, 5.41) is 12.5. The monoisotopic (exact) mass is 460 g/mol. The van der Waals surface area contributed by atoms with Crippen molar-refractivity contribution in [2.75, 3.05) is 10.5 Å². The van der Waals surface area contributed by atoms with Crippen LogP contribution in [-0.4, -0.2) is 14.2 Å². The Kier molecular flexibility index (Phi) is 5.77. The topological polar surface area (TPSA) is 82.3 Å². The fraction of sp³-hybridized carbons (Fsp3) is 0.261. The zero-order chi connectivity index (χ0) is 23.0. The second kappa shape index (κ2) is 8.38. The van der Waals surface area contributed by atoms with Gasteiger partial charge >= 0.3 is 0 Å². The van der Waals surface area contributed by atoms with E-state index in [0.717, 1.165) is 29.7 Å². The fourth-order valence-electron chi connectivity index (χ4n) is 3.40. The van der Waals surface area contributed by atoms with Crippen LogP contribution in [0.2, 0.25) is 0 Å². The van der Waals surface area contributed by atoms with Crippen molar-refractivity contribution in [1.82, 2.24) is 0 Å². The molecular formula is C23H22F2N2O4S. The minimum Gasteiger partial charge on any atom is -0.618 e. The first-order valence-electron chi connectivity index (χ1n) is 10.2. The molecule has 0 spiro atoms. The maximum absolute atomic E-state index is 14.2. The largest absolute Gasteiger partial charge is 0.618 e. The highest BCUT2D eigenvalue weighted by Gasteiger charge is 2.32. The van der Waals surface area contributed by atoms with E-state index < -0.39 is 21.7 Å². The molecule has 1 fully saturated rings. The second-order valence-corrected chi connectivity index (χ2v) is 9.78. The van der Waals surface area contributed by atoms with Crippen molar-refractivity contribution in [2.24, 2.45) is 0 Å². The predicted octanol–water partition coefficient (Wildman–Crippen LogP) is 5.00. The molecule has 0 atom stereocenters. The zero-order valence-electron chi connectivity index (χ0n) is 17.6. The van der Waals surface area contributed by atoms with Gasteiger partial charge in [0.25, 0.3) is 0 Å². The van der Waals surface area contributed by atoms with Crippen molar-refractivity contribution < 1.29 is 26.7 Å². The maximum atomic E-state index is 14.2. The number of hydrogen-bond donors (Lipinski definition) is 1. The van der Waals surface area contributed by atoms with Crippen LogP contribution in [0.4, 0.5) is 14.5 Å². The molecule has 3 aromatic rings. The van der Waals surface area contributed by atoms with Crippen LogP contribution in [0.15, 0.2) is 48.5 Å². The number of aryl methyl sites for hydroxylation is 1. The average molecular weight is 461 g/mol. The maximum Gasteiger partial charge on any atom is 0.232 e. The van der Waals surface area contributed by atoms with Gasteiger partial charge < -0.3 is 9.94 Å². The number of pyridine rings is 1. The van der Waals surface area contributed by atoms with Gasteiger partial charge in [-0.25, -0.2) is 17.2 Å². The number of ether oxygens (including phenoxy) is 1. The van der Waals surface area contributed by atoms with E-state index in [-0.39, 0.29) is 23.2 Å². The van der Waals surface area contributed by atoms with Crippen LogP contribution in [0, 0.1) is 23.8 Å². The SMILES string of the molecule is CCS(=O)(=O)Nc1ccc(Oc2ccc(F)cc2F)c(-c2cc(C)[n+]([O-])c(C3CC3)c2)c1. The summed E-state index contributed by atoms with van der Waals surface area (Å²) in [7, 11) is -3.53. The molecule has 9 heteroatoms. The predicted molar refractivity (Wildman–Crippen MR) is 117 cm³/mol. The van der Waals surface area contributed by atoms with Crippen molar-refractivity contribution in [3.63, 3.8) is 0 Å². The van der Waals surface area contributed by atoms with Gasteiger partial charge in [0.15, 0.2) is 23.0 Å². The Balaban J connectivity index is 1.83. The third kappa shape index (κ3) is 4.67. The Hall–Kier alpha value is -3.20. The molecule has 168 valence electrons. The Bertz CT molecular complexity index is 1290. The van der Waals surface area contributed by atoms with Crippen LogP contribution in [0.25, 0.3) is 11.1 Å². The Labute approximate surface area is 185 Å². The normalized spacial score (nSPS) is 13.8. The van der Waals surface area contributed by atoms with Crippen LogP contribution in [0.5, 0.6) is 11.5 Å². The summed E-state index contributed by atoms with van der Waals surface area (Å²) < 4.78 is 60.7. The smallest absolute Gasteiger partial charge is 0.232 e. The molecule has 2 aromatic carbocycles. The number of nitrogens with one attached hydrogen (secondary N) is 1. The number of nitrogens with zero attached hydrogens (tertiary/aromatic N) is 1. The van der Waals surface area contributed by atoms with Gasteiger partial charge in [-0.1, -0.05) is 0 Å². The van der Waals surface area contributed by atoms with Crippen molar-refractivity contribution in [3.8, 4) is 22.6 Å². The molecule has 32 heavy (non-hydrogen) atoms. The molecule has 1 saturated carbocycles. The van der Waals surface area contributed by atoms with Gasteiger partial charge in [-0.15, -0.1) is 0 Å². The summed E-state index contributed by atoms with van der Waals surface area (Å²) >= 11 is 0. The molecule has 1 N–H and O–H groups in total. The van der Waals surface area contributed by atoms with E-state index >= 15 is 0 Å².